The molecule has 350 valence electrons. The molecule has 0 fully saturated rings. The maximum atomic E-state index is 12.4. The summed E-state index contributed by atoms with van der Waals surface area (Å²) in [6.45, 7) is 4.87. The van der Waals surface area contributed by atoms with E-state index in [-0.39, 0.29) is 18.5 Å². The Kier molecular flexibility index (Phi) is 48.1. The summed E-state index contributed by atoms with van der Waals surface area (Å²) in [6, 6.07) is -0.635. The quantitative estimate of drug-likeness (QED) is 0.0322. The number of esters is 1. The van der Waals surface area contributed by atoms with Gasteiger partial charge in [0.25, 0.3) is 0 Å². The second-order valence-electron chi connectivity index (χ2n) is 18.2. The third kappa shape index (κ3) is 45.9. The second kappa shape index (κ2) is 49.3. The van der Waals surface area contributed by atoms with Crippen molar-refractivity contribution >= 4 is 11.9 Å². The number of nitrogens with one attached hydrogen (secondary N) is 1. The normalized spacial score (nSPS) is 12.7. The van der Waals surface area contributed by atoms with Crippen LogP contribution in [0.5, 0.6) is 0 Å². The third-order valence-electron chi connectivity index (χ3n) is 12.3. The van der Waals surface area contributed by atoms with Crippen molar-refractivity contribution in [2.24, 2.45) is 0 Å². The summed E-state index contributed by atoms with van der Waals surface area (Å²) < 4.78 is 5.48. The number of ether oxygens (including phenoxy) is 1. The fraction of sp³-hybridized carbons (Fsp3) is 0.925. The van der Waals surface area contributed by atoms with Crippen molar-refractivity contribution in [2.75, 3.05) is 13.2 Å². The fourth-order valence-corrected chi connectivity index (χ4v) is 8.22. The summed E-state index contributed by atoms with van der Waals surface area (Å²) in [6.07, 6.45) is 56.4. The Balaban J connectivity index is 3.42. The molecule has 0 aromatic heterocycles. The Labute approximate surface area is 368 Å². The van der Waals surface area contributed by atoms with E-state index in [2.05, 4.69) is 19.2 Å². The average molecular weight is 834 g/mol. The van der Waals surface area contributed by atoms with Crippen LogP contribution in [0.15, 0.2) is 12.2 Å². The van der Waals surface area contributed by atoms with Crippen LogP contribution in [0.3, 0.4) is 0 Å². The zero-order valence-corrected chi connectivity index (χ0v) is 39.7. The number of aliphatic hydroxyl groups excluding tert-OH is 2. The van der Waals surface area contributed by atoms with Crippen molar-refractivity contribution < 1.29 is 24.5 Å². The van der Waals surface area contributed by atoms with E-state index in [1.54, 1.807) is 6.08 Å². The van der Waals surface area contributed by atoms with Gasteiger partial charge in [0.1, 0.15) is 0 Å². The summed E-state index contributed by atoms with van der Waals surface area (Å²) in [5.41, 5.74) is 0. The van der Waals surface area contributed by atoms with Gasteiger partial charge in [-0.15, -0.1) is 0 Å². The summed E-state index contributed by atoms with van der Waals surface area (Å²) in [4.78, 5) is 24.5. The Hall–Kier alpha value is -1.40. The smallest absolute Gasteiger partial charge is 0.305 e. The van der Waals surface area contributed by atoms with Crippen molar-refractivity contribution in [3.63, 3.8) is 0 Å². The number of hydrogen-bond acceptors (Lipinski definition) is 5. The van der Waals surface area contributed by atoms with Crippen LogP contribution in [-0.2, 0) is 14.3 Å². The minimum Gasteiger partial charge on any atom is -0.466 e. The van der Waals surface area contributed by atoms with Gasteiger partial charge in [-0.05, 0) is 32.1 Å². The molecule has 3 N–H and O–H groups in total. The van der Waals surface area contributed by atoms with E-state index in [0.717, 1.165) is 57.8 Å². The lowest BCUT2D eigenvalue weighted by atomic mass is 10.0. The number of carbonyl (C=O) groups is 2. The zero-order chi connectivity index (χ0) is 43.0. The highest BCUT2D eigenvalue weighted by Crippen LogP contribution is 2.17. The Morgan fingerprint density at radius 3 is 1.15 bits per heavy atom. The van der Waals surface area contributed by atoms with Crippen molar-refractivity contribution in [3.8, 4) is 0 Å². The predicted molar refractivity (Wildman–Crippen MR) is 255 cm³/mol. The number of hydrogen-bond donors (Lipinski definition) is 3. The van der Waals surface area contributed by atoms with Crippen molar-refractivity contribution in [2.45, 2.75) is 302 Å². The lowest BCUT2D eigenvalue weighted by Gasteiger charge is -2.20. The van der Waals surface area contributed by atoms with Gasteiger partial charge in [0, 0.05) is 12.8 Å². The van der Waals surface area contributed by atoms with Gasteiger partial charge in [0.05, 0.1) is 25.4 Å². The highest BCUT2D eigenvalue weighted by atomic mass is 16.5. The molecule has 0 rings (SSSR count). The molecular formula is C53H103NO5. The highest BCUT2D eigenvalue weighted by Gasteiger charge is 2.18. The van der Waals surface area contributed by atoms with Crippen LogP contribution in [-0.4, -0.2) is 47.4 Å². The van der Waals surface area contributed by atoms with Gasteiger partial charge in [-0.25, -0.2) is 0 Å². The van der Waals surface area contributed by atoms with Gasteiger partial charge >= 0.3 is 5.97 Å². The SMILES string of the molecule is CCCCCCCCCCC/C=C/C(O)C(CO)NC(=O)CCCCCCCCCCCCCCCOC(=O)CCCCCCCCCCCCCCCCCCCC. The van der Waals surface area contributed by atoms with Gasteiger partial charge in [0.2, 0.25) is 5.91 Å². The van der Waals surface area contributed by atoms with Crippen molar-refractivity contribution in [1.82, 2.24) is 5.32 Å². The van der Waals surface area contributed by atoms with E-state index < -0.39 is 12.1 Å². The first-order valence-electron chi connectivity index (χ1n) is 26.5. The Morgan fingerprint density at radius 1 is 0.458 bits per heavy atom. The monoisotopic (exact) mass is 834 g/mol. The number of carbonyl (C=O) groups excluding carboxylic acids is 2. The van der Waals surface area contributed by atoms with E-state index in [1.165, 1.54) is 205 Å². The Bertz CT molecular complexity index is 878. The van der Waals surface area contributed by atoms with Gasteiger partial charge in [-0.3, -0.25) is 9.59 Å². The van der Waals surface area contributed by atoms with E-state index in [4.69, 9.17) is 4.74 Å². The molecule has 0 radical (unpaired) electrons. The molecule has 0 aliphatic heterocycles. The molecule has 2 atom stereocenters. The third-order valence-corrected chi connectivity index (χ3v) is 12.3. The molecule has 0 aliphatic carbocycles. The molecule has 0 bridgehead atoms. The minimum absolute atomic E-state index is 0.00261. The molecule has 0 saturated heterocycles. The molecule has 0 spiro atoms. The van der Waals surface area contributed by atoms with Gasteiger partial charge in [-0.2, -0.15) is 0 Å². The molecular weight excluding hydrogens is 731 g/mol. The number of rotatable bonds is 49. The molecule has 0 aliphatic rings. The van der Waals surface area contributed by atoms with Crippen molar-refractivity contribution in [3.05, 3.63) is 12.2 Å². The molecule has 0 heterocycles. The summed E-state index contributed by atoms with van der Waals surface area (Å²) in [5, 5.41) is 23.0. The molecule has 6 nitrogen and oxygen atoms in total. The summed E-state index contributed by atoms with van der Waals surface area (Å²) >= 11 is 0. The lowest BCUT2D eigenvalue weighted by molar-refractivity contribution is -0.143. The maximum Gasteiger partial charge on any atom is 0.305 e. The second-order valence-corrected chi connectivity index (χ2v) is 18.2. The van der Waals surface area contributed by atoms with Crippen LogP contribution in [0.1, 0.15) is 290 Å². The van der Waals surface area contributed by atoms with Crippen LogP contribution in [0.25, 0.3) is 0 Å². The molecule has 0 aromatic rings. The average Bonchev–Trinajstić information content (AvgIpc) is 3.24. The molecule has 2 unspecified atom stereocenters. The van der Waals surface area contributed by atoms with E-state index in [0.29, 0.717) is 19.4 Å². The first kappa shape index (κ1) is 57.6. The maximum absolute atomic E-state index is 12.4. The number of unbranched alkanes of at least 4 members (excludes halogenated alkanes) is 38. The van der Waals surface area contributed by atoms with Crippen LogP contribution in [0.4, 0.5) is 0 Å². The van der Waals surface area contributed by atoms with E-state index >= 15 is 0 Å². The first-order chi connectivity index (χ1) is 29.0. The number of aliphatic hydroxyl groups is 2. The van der Waals surface area contributed by atoms with Crippen LogP contribution < -0.4 is 5.32 Å². The van der Waals surface area contributed by atoms with Crippen LogP contribution in [0.2, 0.25) is 0 Å². The minimum atomic E-state index is -0.850. The lowest BCUT2D eigenvalue weighted by Crippen LogP contribution is -2.45. The van der Waals surface area contributed by atoms with Gasteiger partial charge in [0.15, 0.2) is 0 Å². The van der Waals surface area contributed by atoms with Crippen molar-refractivity contribution in [1.29, 1.82) is 0 Å². The van der Waals surface area contributed by atoms with Gasteiger partial charge in [-0.1, -0.05) is 257 Å². The van der Waals surface area contributed by atoms with Gasteiger partial charge < -0.3 is 20.3 Å². The standard InChI is InChI=1S/C53H103NO5/c1-3-5-7-9-11-13-15-16-17-18-19-20-23-27-31-35-39-43-47-53(58)59-48-44-40-36-32-28-24-21-22-26-30-34-38-42-46-52(57)54-50(49-55)51(56)45-41-37-33-29-25-14-12-10-8-6-4-2/h41,45,50-51,55-56H,3-40,42-44,46-49H2,1-2H3,(H,54,57)/b45-41+. The zero-order valence-electron chi connectivity index (χ0n) is 39.7. The Morgan fingerprint density at radius 2 is 0.780 bits per heavy atom. The number of amides is 1. The number of allylic oxidation sites excluding steroid dienone is 1. The first-order valence-corrected chi connectivity index (χ1v) is 26.5. The van der Waals surface area contributed by atoms with Crippen LogP contribution >= 0.6 is 0 Å². The molecule has 0 aromatic carbocycles. The van der Waals surface area contributed by atoms with Crippen LogP contribution in [0, 0.1) is 0 Å². The highest BCUT2D eigenvalue weighted by molar-refractivity contribution is 5.76. The molecule has 0 saturated carbocycles. The molecule has 1 amide bonds. The summed E-state index contributed by atoms with van der Waals surface area (Å²) in [7, 11) is 0. The summed E-state index contributed by atoms with van der Waals surface area (Å²) in [5.74, 6) is -0.0836. The topological polar surface area (TPSA) is 95.9 Å². The predicted octanol–water partition coefficient (Wildman–Crippen LogP) is 15.7. The van der Waals surface area contributed by atoms with E-state index in [1.807, 2.05) is 6.08 Å². The van der Waals surface area contributed by atoms with E-state index in [9.17, 15) is 19.8 Å². The largest absolute Gasteiger partial charge is 0.466 e. The molecule has 59 heavy (non-hydrogen) atoms. The fourth-order valence-electron chi connectivity index (χ4n) is 8.22. The molecule has 6 heteroatoms.